The molecule has 4 heteroatoms. The lowest BCUT2D eigenvalue weighted by atomic mass is 10.2. The minimum absolute atomic E-state index is 0.467. The first-order chi connectivity index (χ1) is 8.79. The molecule has 4 nitrogen and oxygen atoms in total. The number of piperazine rings is 1. The minimum atomic E-state index is 0.467. The van der Waals surface area contributed by atoms with Crippen molar-refractivity contribution in [2.45, 2.75) is 38.8 Å². The van der Waals surface area contributed by atoms with Gasteiger partial charge in [-0.25, -0.2) is 0 Å². The predicted molar refractivity (Wildman–Crippen MR) is 75.0 cm³/mol. The van der Waals surface area contributed by atoms with Crippen LogP contribution in [0.5, 0.6) is 0 Å². The standard InChI is InChI=1S/C14H29N3O/c1-3-16-6-8-17(9-7-16)13(2)11-15-12-14-5-4-10-18-14/h13-15H,3-12H2,1-2H3. The van der Waals surface area contributed by atoms with Gasteiger partial charge in [0.25, 0.3) is 0 Å². The number of hydrogen-bond donors (Lipinski definition) is 1. The Morgan fingerprint density at radius 1 is 1.28 bits per heavy atom. The van der Waals surface area contributed by atoms with Crippen molar-refractivity contribution in [2.75, 3.05) is 52.4 Å². The summed E-state index contributed by atoms with van der Waals surface area (Å²) in [5.41, 5.74) is 0. The first-order valence-corrected chi connectivity index (χ1v) is 7.58. The Morgan fingerprint density at radius 3 is 2.67 bits per heavy atom. The van der Waals surface area contributed by atoms with E-state index >= 15 is 0 Å². The van der Waals surface area contributed by atoms with Gasteiger partial charge < -0.3 is 15.0 Å². The SMILES string of the molecule is CCN1CCN(C(C)CNCC2CCCO2)CC1. The molecule has 2 unspecified atom stereocenters. The molecule has 0 bridgehead atoms. The highest BCUT2D eigenvalue weighted by Gasteiger charge is 2.20. The third-order valence-electron chi connectivity index (χ3n) is 4.31. The first-order valence-electron chi connectivity index (χ1n) is 7.58. The number of likely N-dealkylation sites (N-methyl/N-ethyl adjacent to an activating group) is 1. The predicted octanol–water partition coefficient (Wildman–Crippen LogP) is 0.781. The van der Waals surface area contributed by atoms with Crippen LogP contribution in [0.2, 0.25) is 0 Å². The highest BCUT2D eigenvalue weighted by Crippen LogP contribution is 2.11. The highest BCUT2D eigenvalue weighted by molar-refractivity contribution is 4.78. The lowest BCUT2D eigenvalue weighted by Gasteiger charge is -2.37. The van der Waals surface area contributed by atoms with Gasteiger partial charge in [0.15, 0.2) is 0 Å². The largest absolute Gasteiger partial charge is 0.377 e. The molecule has 0 amide bonds. The van der Waals surface area contributed by atoms with Crippen LogP contribution in [0.4, 0.5) is 0 Å². The zero-order chi connectivity index (χ0) is 12.8. The van der Waals surface area contributed by atoms with E-state index in [4.69, 9.17) is 4.74 Å². The fourth-order valence-corrected chi connectivity index (χ4v) is 2.91. The van der Waals surface area contributed by atoms with Gasteiger partial charge in [-0.15, -0.1) is 0 Å². The van der Waals surface area contributed by atoms with Gasteiger partial charge >= 0.3 is 0 Å². The molecule has 1 N–H and O–H groups in total. The van der Waals surface area contributed by atoms with Gasteiger partial charge in [-0.1, -0.05) is 6.92 Å². The summed E-state index contributed by atoms with van der Waals surface area (Å²) in [5, 5.41) is 3.57. The van der Waals surface area contributed by atoms with Crippen molar-refractivity contribution in [1.82, 2.24) is 15.1 Å². The summed E-state index contributed by atoms with van der Waals surface area (Å²) in [6.45, 7) is 13.8. The summed E-state index contributed by atoms with van der Waals surface area (Å²) in [7, 11) is 0. The van der Waals surface area contributed by atoms with E-state index in [0.29, 0.717) is 12.1 Å². The van der Waals surface area contributed by atoms with E-state index < -0.39 is 0 Å². The molecule has 0 spiro atoms. The minimum Gasteiger partial charge on any atom is -0.377 e. The molecule has 0 aliphatic carbocycles. The molecule has 2 aliphatic rings. The van der Waals surface area contributed by atoms with Crippen molar-refractivity contribution in [3.8, 4) is 0 Å². The molecule has 0 saturated carbocycles. The maximum Gasteiger partial charge on any atom is 0.0700 e. The summed E-state index contributed by atoms with van der Waals surface area (Å²) in [4.78, 5) is 5.14. The third kappa shape index (κ3) is 4.19. The number of nitrogens with one attached hydrogen (secondary N) is 1. The number of hydrogen-bond acceptors (Lipinski definition) is 4. The van der Waals surface area contributed by atoms with Gasteiger partial charge in [0.1, 0.15) is 0 Å². The molecule has 0 aromatic carbocycles. The van der Waals surface area contributed by atoms with Crippen LogP contribution >= 0.6 is 0 Å². The third-order valence-corrected chi connectivity index (χ3v) is 4.31. The Hall–Kier alpha value is -0.160. The lowest BCUT2D eigenvalue weighted by Crippen LogP contribution is -2.52. The Bertz CT molecular complexity index is 223. The smallest absolute Gasteiger partial charge is 0.0700 e. The van der Waals surface area contributed by atoms with Gasteiger partial charge in [0.2, 0.25) is 0 Å². The second-order valence-electron chi connectivity index (χ2n) is 5.61. The summed E-state index contributed by atoms with van der Waals surface area (Å²) in [6, 6.07) is 0.644. The van der Waals surface area contributed by atoms with Crippen molar-refractivity contribution in [1.29, 1.82) is 0 Å². The Labute approximate surface area is 112 Å². The molecule has 2 atom stereocenters. The van der Waals surface area contributed by atoms with Crippen molar-refractivity contribution in [3.05, 3.63) is 0 Å². The van der Waals surface area contributed by atoms with E-state index in [1.807, 2.05) is 0 Å². The normalized spacial score (nSPS) is 28.7. The fourth-order valence-electron chi connectivity index (χ4n) is 2.91. The van der Waals surface area contributed by atoms with Gasteiger partial charge in [-0.2, -0.15) is 0 Å². The van der Waals surface area contributed by atoms with Crippen LogP contribution in [0.1, 0.15) is 26.7 Å². The van der Waals surface area contributed by atoms with E-state index in [2.05, 4.69) is 29.0 Å². The van der Waals surface area contributed by atoms with Gasteiger partial charge in [-0.05, 0) is 26.3 Å². The molecular formula is C14H29N3O. The summed E-state index contributed by atoms with van der Waals surface area (Å²) in [5.74, 6) is 0. The van der Waals surface area contributed by atoms with E-state index in [1.165, 1.54) is 45.6 Å². The monoisotopic (exact) mass is 255 g/mol. The van der Waals surface area contributed by atoms with Gasteiger partial charge in [0, 0.05) is 51.9 Å². The maximum atomic E-state index is 5.63. The van der Waals surface area contributed by atoms with E-state index in [1.54, 1.807) is 0 Å². The summed E-state index contributed by atoms with van der Waals surface area (Å²) in [6.07, 6.45) is 2.94. The molecule has 106 valence electrons. The average Bonchev–Trinajstić information content (AvgIpc) is 2.92. The van der Waals surface area contributed by atoms with E-state index in [9.17, 15) is 0 Å². The molecule has 2 heterocycles. The fraction of sp³-hybridized carbons (Fsp3) is 1.00. The van der Waals surface area contributed by atoms with Gasteiger partial charge in [-0.3, -0.25) is 4.90 Å². The quantitative estimate of drug-likeness (QED) is 0.759. The number of nitrogens with zero attached hydrogens (tertiary/aromatic N) is 2. The van der Waals surface area contributed by atoms with Crippen LogP contribution in [0.3, 0.4) is 0 Å². The van der Waals surface area contributed by atoms with Crippen LogP contribution in [0, 0.1) is 0 Å². The second kappa shape index (κ2) is 7.43. The molecule has 2 fully saturated rings. The lowest BCUT2D eigenvalue weighted by molar-refractivity contribution is 0.0934. The maximum absolute atomic E-state index is 5.63. The van der Waals surface area contributed by atoms with E-state index in [-0.39, 0.29) is 0 Å². The van der Waals surface area contributed by atoms with Crippen molar-refractivity contribution in [3.63, 3.8) is 0 Å². The first kappa shape index (κ1) is 14.3. The summed E-state index contributed by atoms with van der Waals surface area (Å²) < 4.78 is 5.63. The van der Waals surface area contributed by atoms with Crippen LogP contribution < -0.4 is 5.32 Å². The zero-order valence-corrected chi connectivity index (χ0v) is 12.0. The highest BCUT2D eigenvalue weighted by atomic mass is 16.5. The van der Waals surface area contributed by atoms with Gasteiger partial charge in [0.05, 0.1) is 6.10 Å². The molecule has 2 aliphatic heterocycles. The average molecular weight is 255 g/mol. The van der Waals surface area contributed by atoms with Crippen molar-refractivity contribution in [2.24, 2.45) is 0 Å². The molecule has 0 aromatic rings. The van der Waals surface area contributed by atoms with Crippen LogP contribution in [-0.2, 0) is 4.74 Å². The number of ether oxygens (including phenoxy) is 1. The Kier molecular flexibility index (Phi) is 5.89. The van der Waals surface area contributed by atoms with Crippen molar-refractivity contribution < 1.29 is 4.74 Å². The van der Waals surface area contributed by atoms with Crippen molar-refractivity contribution >= 4 is 0 Å². The van der Waals surface area contributed by atoms with Crippen LogP contribution in [-0.4, -0.2) is 74.4 Å². The molecular weight excluding hydrogens is 226 g/mol. The Balaban J connectivity index is 1.58. The summed E-state index contributed by atoms with van der Waals surface area (Å²) >= 11 is 0. The topological polar surface area (TPSA) is 27.7 Å². The Morgan fingerprint density at radius 2 is 2.06 bits per heavy atom. The zero-order valence-electron chi connectivity index (χ0n) is 12.0. The van der Waals surface area contributed by atoms with E-state index in [0.717, 1.165) is 19.7 Å². The molecule has 2 rings (SSSR count). The molecule has 0 radical (unpaired) electrons. The molecule has 0 aromatic heterocycles. The number of rotatable bonds is 6. The van der Waals surface area contributed by atoms with Crippen LogP contribution in [0.25, 0.3) is 0 Å². The van der Waals surface area contributed by atoms with Crippen LogP contribution in [0.15, 0.2) is 0 Å². The second-order valence-corrected chi connectivity index (χ2v) is 5.61. The molecule has 18 heavy (non-hydrogen) atoms. The molecule has 2 saturated heterocycles.